The third kappa shape index (κ3) is 5.13. The van der Waals surface area contributed by atoms with Gasteiger partial charge in [-0.25, -0.2) is 4.79 Å². The molecular weight excluding hydrogens is 278 g/mol. The van der Waals surface area contributed by atoms with Crippen LogP contribution in [-0.2, 0) is 4.74 Å². The predicted octanol–water partition coefficient (Wildman–Crippen LogP) is 2.51. The standard InChI is InChI=1S/C17H33N3O2/c1-5-20-11-7-14(8-12-20)18-13-17(9-6-10-17)19-15(21)22-16(2,3)4/h14,18H,5-13H2,1-4H3,(H,19,21). The van der Waals surface area contributed by atoms with Crippen LogP contribution in [0.4, 0.5) is 4.79 Å². The number of rotatable bonds is 5. The van der Waals surface area contributed by atoms with Crippen LogP contribution in [-0.4, -0.2) is 54.4 Å². The Morgan fingerprint density at radius 3 is 2.36 bits per heavy atom. The van der Waals surface area contributed by atoms with Gasteiger partial charge in [-0.15, -0.1) is 0 Å². The second-order valence-electron chi connectivity index (χ2n) is 7.85. The first-order chi connectivity index (χ1) is 10.3. The summed E-state index contributed by atoms with van der Waals surface area (Å²) in [6.45, 7) is 12.3. The molecule has 0 spiro atoms. The number of nitrogens with zero attached hydrogens (tertiary/aromatic N) is 1. The molecule has 2 N–H and O–H groups in total. The Labute approximate surface area is 135 Å². The van der Waals surface area contributed by atoms with E-state index in [0.29, 0.717) is 6.04 Å². The molecule has 0 aromatic heterocycles. The molecule has 1 amide bonds. The number of carbonyl (C=O) groups is 1. The Morgan fingerprint density at radius 1 is 1.27 bits per heavy atom. The quantitative estimate of drug-likeness (QED) is 0.819. The number of piperidine rings is 1. The fraction of sp³-hybridized carbons (Fsp3) is 0.941. The minimum atomic E-state index is -0.435. The van der Waals surface area contributed by atoms with Crippen molar-refractivity contribution in [2.75, 3.05) is 26.2 Å². The van der Waals surface area contributed by atoms with Gasteiger partial charge in [0.25, 0.3) is 0 Å². The van der Waals surface area contributed by atoms with Crippen LogP contribution in [0.5, 0.6) is 0 Å². The Morgan fingerprint density at radius 2 is 1.91 bits per heavy atom. The Kier molecular flexibility index (Phi) is 5.72. The summed E-state index contributed by atoms with van der Waals surface area (Å²) < 4.78 is 5.41. The van der Waals surface area contributed by atoms with Crippen molar-refractivity contribution in [2.45, 2.75) is 77.0 Å². The number of hydrogen-bond acceptors (Lipinski definition) is 4. The summed E-state index contributed by atoms with van der Waals surface area (Å²) in [7, 11) is 0. The van der Waals surface area contributed by atoms with Gasteiger partial charge in [0.1, 0.15) is 5.60 Å². The maximum absolute atomic E-state index is 12.0. The zero-order chi connectivity index (χ0) is 16.2. The van der Waals surface area contributed by atoms with E-state index in [1.807, 2.05) is 20.8 Å². The summed E-state index contributed by atoms with van der Waals surface area (Å²) in [5, 5.41) is 6.79. The molecule has 0 radical (unpaired) electrons. The van der Waals surface area contributed by atoms with Gasteiger partial charge < -0.3 is 20.3 Å². The third-order valence-electron chi connectivity index (χ3n) is 4.84. The van der Waals surface area contributed by atoms with E-state index in [2.05, 4.69) is 22.5 Å². The average molecular weight is 311 g/mol. The van der Waals surface area contributed by atoms with Gasteiger partial charge in [-0.3, -0.25) is 0 Å². The molecule has 22 heavy (non-hydrogen) atoms. The maximum atomic E-state index is 12.0. The fourth-order valence-electron chi connectivity index (χ4n) is 3.26. The zero-order valence-electron chi connectivity index (χ0n) is 14.7. The topological polar surface area (TPSA) is 53.6 Å². The molecule has 1 aliphatic carbocycles. The van der Waals surface area contributed by atoms with Gasteiger partial charge in [0.05, 0.1) is 5.54 Å². The van der Waals surface area contributed by atoms with Gasteiger partial charge in [-0.1, -0.05) is 6.92 Å². The molecule has 0 aromatic rings. The minimum Gasteiger partial charge on any atom is -0.444 e. The normalized spacial score (nSPS) is 22.9. The molecule has 5 heteroatoms. The van der Waals surface area contributed by atoms with E-state index in [9.17, 15) is 4.79 Å². The van der Waals surface area contributed by atoms with E-state index in [4.69, 9.17) is 4.74 Å². The zero-order valence-corrected chi connectivity index (χ0v) is 14.7. The molecule has 2 fully saturated rings. The lowest BCUT2D eigenvalue weighted by molar-refractivity contribution is 0.0375. The van der Waals surface area contributed by atoms with Gasteiger partial charge in [-0.2, -0.15) is 0 Å². The van der Waals surface area contributed by atoms with Gasteiger partial charge >= 0.3 is 6.09 Å². The van der Waals surface area contributed by atoms with Gasteiger partial charge in [-0.05, 0) is 72.5 Å². The lowest BCUT2D eigenvalue weighted by atomic mass is 9.76. The SMILES string of the molecule is CCN1CCC(NCC2(NC(=O)OC(C)(C)C)CCC2)CC1. The van der Waals surface area contributed by atoms with E-state index >= 15 is 0 Å². The van der Waals surface area contributed by atoms with Crippen LogP contribution in [0.15, 0.2) is 0 Å². The van der Waals surface area contributed by atoms with Crippen LogP contribution in [0.3, 0.4) is 0 Å². The lowest BCUT2D eigenvalue weighted by Gasteiger charge is -2.44. The molecule has 1 saturated heterocycles. The number of ether oxygens (including phenoxy) is 1. The molecule has 5 nitrogen and oxygen atoms in total. The molecule has 1 aliphatic heterocycles. The van der Waals surface area contributed by atoms with Crippen molar-refractivity contribution in [3.63, 3.8) is 0 Å². The van der Waals surface area contributed by atoms with Crippen LogP contribution < -0.4 is 10.6 Å². The molecule has 2 rings (SSSR count). The Hall–Kier alpha value is -0.810. The Bertz CT molecular complexity index is 367. The smallest absolute Gasteiger partial charge is 0.408 e. The van der Waals surface area contributed by atoms with Crippen molar-refractivity contribution >= 4 is 6.09 Å². The molecule has 0 atom stereocenters. The highest BCUT2D eigenvalue weighted by Gasteiger charge is 2.39. The summed E-state index contributed by atoms with van der Waals surface area (Å²) in [6.07, 6.45) is 5.41. The maximum Gasteiger partial charge on any atom is 0.408 e. The van der Waals surface area contributed by atoms with Crippen molar-refractivity contribution in [3.05, 3.63) is 0 Å². The van der Waals surface area contributed by atoms with Crippen molar-refractivity contribution in [2.24, 2.45) is 0 Å². The first-order valence-corrected chi connectivity index (χ1v) is 8.79. The highest BCUT2D eigenvalue weighted by Crippen LogP contribution is 2.32. The highest BCUT2D eigenvalue weighted by molar-refractivity contribution is 5.69. The van der Waals surface area contributed by atoms with E-state index in [0.717, 1.165) is 25.9 Å². The van der Waals surface area contributed by atoms with Gasteiger partial charge in [0.2, 0.25) is 0 Å². The first kappa shape index (κ1) is 17.5. The Balaban J connectivity index is 1.76. The van der Waals surface area contributed by atoms with Crippen LogP contribution in [0.2, 0.25) is 0 Å². The van der Waals surface area contributed by atoms with Crippen LogP contribution in [0.25, 0.3) is 0 Å². The summed E-state index contributed by atoms with van der Waals surface area (Å²) in [4.78, 5) is 14.5. The summed E-state index contributed by atoms with van der Waals surface area (Å²) in [6, 6.07) is 0.584. The van der Waals surface area contributed by atoms with Crippen LogP contribution >= 0.6 is 0 Å². The molecule has 1 heterocycles. The number of carbonyl (C=O) groups excluding carboxylic acids is 1. The molecule has 0 bridgehead atoms. The number of hydrogen-bond donors (Lipinski definition) is 2. The van der Waals surface area contributed by atoms with E-state index in [-0.39, 0.29) is 11.6 Å². The first-order valence-electron chi connectivity index (χ1n) is 8.79. The van der Waals surface area contributed by atoms with Crippen molar-refractivity contribution in [3.8, 4) is 0 Å². The second-order valence-corrected chi connectivity index (χ2v) is 7.85. The van der Waals surface area contributed by atoms with Crippen molar-refractivity contribution < 1.29 is 9.53 Å². The molecular formula is C17H33N3O2. The van der Waals surface area contributed by atoms with Crippen molar-refractivity contribution in [1.29, 1.82) is 0 Å². The molecule has 0 aromatic carbocycles. The van der Waals surface area contributed by atoms with Crippen LogP contribution in [0, 0.1) is 0 Å². The van der Waals surface area contributed by atoms with Gasteiger partial charge in [0, 0.05) is 12.6 Å². The van der Waals surface area contributed by atoms with Crippen LogP contribution in [0.1, 0.15) is 59.8 Å². The number of likely N-dealkylation sites (tertiary alicyclic amines) is 1. The average Bonchev–Trinajstić information content (AvgIpc) is 2.40. The molecule has 128 valence electrons. The molecule has 2 aliphatic rings. The van der Waals surface area contributed by atoms with E-state index in [1.165, 1.54) is 32.4 Å². The largest absolute Gasteiger partial charge is 0.444 e. The molecule has 0 unspecified atom stereocenters. The van der Waals surface area contributed by atoms with E-state index < -0.39 is 5.60 Å². The molecule has 1 saturated carbocycles. The summed E-state index contributed by atoms with van der Waals surface area (Å²) in [5.41, 5.74) is -0.528. The number of nitrogens with one attached hydrogen (secondary N) is 2. The number of alkyl carbamates (subject to hydrolysis) is 1. The predicted molar refractivity (Wildman–Crippen MR) is 89.1 cm³/mol. The summed E-state index contributed by atoms with van der Waals surface area (Å²) >= 11 is 0. The van der Waals surface area contributed by atoms with Crippen molar-refractivity contribution in [1.82, 2.24) is 15.5 Å². The van der Waals surface area contributed by atoms with Gasteiger partial charge in [0.15, 0.2) is 0 Å². The monoisotopic (exact) mass is 311 g/mol. The highest BCUT2D eigenvalue weighted by atomic mass is 16.6. The van der Waals surface area contributed by atoms with E-state index in [1.54, 1.807) is 0 Å². The lowest BCUT2D eigenvalue weighted by Crippen LogP contribution is -2.61. The fourth-order valence-corrected chi connectivity index (χ4v) is 3.26. The number of amides is 1. The summed E-state index contributed by atoms with van der Waals surface area (Å²) in [5.74, 6) is 0. The second kappa shape index (κ2) is 7.18. The minimum absolute atomic E-state index is 0.0930. The third-order valence-corrected chi connectivity index (χ3v) is 4.84.